The van der Waals surface area contributed by atoms with Crippen LogP contribution in [0.15, 0.2) is 17.5 Å². The third-order valence-electron chi connectivity index (χ3n) is 4.65. The zero-order valence-corrected chi connectivity index (χ0v) is 14.4. The molecule has 5 heteroatoms. The molecule has 1 aromatic rings. The predicted octanol–water partition coefficient (Wildman–Crippen LogP) is 3.37. The van der Waals surface area contributed by atoms with Crippen LogP contribution in [-0.2, 0) is 11.2 Å². The monoisotopic (exact) mass is 324 g/mol. The summed E-state index contributed by atoms with van der Waals surface area (Å²) in [4.78, 5) is 16.5. The van der Waals surface area contributed by atoms with Crippen LogP contribution in [0, 0.1) is 5.41 Å². The molecule has 1 aromatic heterocycles. The molecule has 1 heterocycles. The van der Waals surface area contributed by atoms with Crippen molar-refractivity contribution in [2.75, 3.05) is 7.05 Å². The molecule has 2 rings (SSSR count). The second-order valence-corrected chi connectivity index (χ2v) is 7.53. The summed E-state index contributed by atoms with van der Waals surface area (Å²) in [5, 5.41) is 2.07. The molecule has 1 aliphatic rings. The van der Waals surface area contributed by atoms with Crippen LogP contribution < -0.4 is 5.73 Å². The minimum absolute atomic E-state index is 0.110. The van der Waals surface area contributed by atoms with Gasteiger partial charge in [0.05, 0.1) is 10.4 Å². The number of thiophene rings is 1. The van der Waals surface area contributed by atoms with Crippen molar-refractivity contribution in [3.05, 3.63) is 22.4 Å². The van der Waals surface area contributed by atoms with Gasteiger partial charge in [-0.2, -0.15) is 0 Å². The van der Waals surface area contributed by atoms with E-state index in [-0.39, 0.29) is 11.9 Å². The van der Waals surface area contributed by atoms with Gasteiger partial charge in [0.15, 0.2) is 0 Å². The second kappa shape index (κ2) is 6.88. The Kier molecular flexibility index (Phi) is 5.38. The van der Waals surface area contributed by atoms with Gasteiger partial charge in [0, 0.05) is 24.4 Å². The highest BCUT2D eigenvalue weighted by molar-refractivity contribution is 7.80. The lowest BCUT2D eigenvalue weighted by atomic mass is 9.72. The van der Waals surface area contributed by atoms with E-state index in [1.807, 2.05) is 18.0 Å². The molecule has 3 nitrogen and oxygen atoms in total. The van der Waals surface area contributed by atoms with E-state index in [1.54, 1.807) is 11.3 Å². The number of hydrogen-bond donors (Lipinski definition) is 1. The topological polar surface area (TPSA) is 46.3 Å². The van der Waals surface area contributed by atoms with E-state index in [0.29, 0.717) is 4.99 Å². The minimum Gasteiger partial charge on any atom is -0.392 e. The highest BCUT2D eigenvalue weighted by atomic mass is 32.1. The Morgan fingerprint density at radius 3 is 2.67 bits per heavy atom. The van der Waals surface area contributed by atoms with Gasteiger partial charge >= 0.3 is 0 Å². The summed E-state index contributed by atoms with van der Waals surface area (Å²) in [5.74, 6) is 0.110. The van der Waals surface area contributed by atoms with Crippen molar-refractivity contribution in [3.8, 4) is 0 Å². The number of nitrogens with zero attached hydrogens (tertiary/aromatic N) is 1. The quantitative estimate of drug-likeness (QED) is 0.845. The number of rotatable bonds is 5. The molecule has 116 valence electrons. The predicted molar refractivity (Wildman–Crippen MR) is 92.6 cm³/mol. The standard InChI is InChI=1S/C16H24N2OS2/c1-12(11-13-7-6-10-21-13)18(2)15(19)16(14(17)20)8-4-3-5-9-16/h6-7,10,12H,3-5,8-9,11H2,1-2H3,(H2,17,20). The lowest BCUT2D eigenvalue weighted by Gasteiger charge is -2.39. The molecule has 1 unspecified atom stereocenters. The molecule has 21 heavy (non-hydrogen) atoms. The van der Waals surface area contributed by atoms with Crippen LogP contribution in [0.4, 0.5) is 0 Å². The summed E-state index contributed by atoms with van der Waals surface area (Å²) in [6, 6.07) is 4.32. The van der Waals surface area contributed by atoms with Crippen molar-refractivity contribution in [1.82, 2.24) is 4.90 Å². The van der Waals surface area contributed by atoms with E-state index < -0.39 is 5.41 Å². The third-order valence-corrected chi connectivity index (χ3v) is 5.94. The molecule has 0 aliphatic heterocycles. The van der Waals surface area contributed by atoms with Crippen LogP contribution in [0.2, 0.25) is 0 Å². The van der Waals surface area contributed by atoms with Crippen LogP contribution in [0.3, 0.4) is 0 Å². The molecular weight excluding hydrogens is 300 g/mol. The van der Waals surface area contributed by atoms with Crippen LogP contribution in [0.5, 0.6) is 0 Å². The first-order chi connectivity index (χ1) is 9.97. The maximum Gasteiger partial charge on any atom is 0.235 e. The molecule has 0 aromatic carbocycles. The number of hydrogen-bond acceptors (Lipinski definition) is 3. The van der Waals surface area contributed by atoms with Crippen molar-refractivity contribution in [1.29, 1.82) is 0 Å². The molecule has 2 N–H and O–H groups in total. The van der Waals surface area contributed by atoms with E-state index in [9.17, 15) is 4.79 Å². The average Bonchev–Trinajstić information content (AvgIpc) is 2.99. The van der Waals surface area contributed by atoms with Crippen molar-refractivity contribution >= 4 is 34.5 Å². The second-order valence-electron chi connectivity index (χ2n) is 6.06. The summed E-state index contributed by atoms with van der Waals surface area (Å²) in [5.41, 5.74) is 5.36. The van der Waals surface area contributed by atoms with E-state index in [1.165, 1.54) is 11.3 Å². The van der Waals surface area contributed by atoms with Crippen molar-refractivity contribution in [2.24, 2.45) is 11.1 Å². The van der Waals surface area contributed by atoms with Crippen LogP contribution in [-0.4, -0.2) is 28.9 Å². The SMILES string of the molecule is CC(Cc1cccs1)N(C)C(=O)C1(C(N)=S)CCCCC1. The van der Waals surface area contributed by atoms with E-state index in [2.05, 4.69) is 18.4 Å². The zero-order chi connectivity index (χ0) is 15.5. The van der Waals surface area contributed by atoms with Gasteiger partial charge in [-0.15, -0.1) is 11.3 Å². The molecule has 1 fully saturated rings. The Morgan fingerprint density at radius 2 is 2.14 bits per heavy atom. The Bertz CT molecular complexity index is 492. The van der Waals surface area contributed by atoms with Gasteiger partial charge < -0.3 is 10.6 Å². The summed E-state index contributed by atoms with van der Waals surface area (Å²) < 4.78 is 0. The summed E-state index contributed by atoms with van der Waals surface area (Å²) in [6.07, 6.45) is 5.74. The maximum atomic E-state index is 13.0. The summed E-state index contributed by atoms with van der Waals surface area (Å²) in [6.45, 7) is 2.09. The smallest absolute Gasteiger partial charge is 0.235 e. The van der Waals surface area contributed by atoms with E-state index in [0.717, 1.165) is 32.1 Å². The van der Waals surface area contributed by atoms with Gasteiger partial charge in [-0.3, -0.25) is 4.79 Å². The molecule has 1 saturated carbocycles. The summed E-state index contributed by atoms with van der Waals surface area (Å²) >= 11 is 6.99. The first-order valence-corrected chi connectivity index (χ1v) is 8.86. The molecule has 1 atom stereocenters. The normalized spacial score (nSPS) is 19.0. The minimum atomic E-state index is -0.605. The fourth-order valence-electron chi connectivity index (χ4n) is 3.12. The third kappa shape index (κ3) is 3.46. The molecule has 0 saturated heterocycles. The Hall–Kier alpha value is -0.940. The molecule has 0 radical (unpaired) electrons. The first-order valence-electron chi connectivity index (χ1n) is 7.57. The van der Waals surface area contributed by atoms with Gasteiger partial charge in [-0.05, 0) is 31.2 Å². The fourth-order valence-corrected chi connectivity index (χ4v) is 4.23. The number of nitrogens with two attached hydrogens (primary N) is 1. The average molecular weight is 325 g/mol. The largest absolute Gasteiger partial charge is 0.392 e. The van der Waals surface area contributed by atoms with Crippen molar-refractivity contribution in [2.45, 2.75) is 51.5 Å². The Labute approximate surface area is 136 Å². The van der Waals surface area contributed by atoms with Crippen LogP contribution >= 0.6 is 23.6 Å². The van der Waals surface area contributed by atoms with Gasteiger partial charge in [0.25, 0.3) is 0 Å². The van der Waals surface area contributed by atoms with Crippen LogP contribution in [0.25, 0.3) is 0 Å². The highest BCUT2D eigenvalue weighted by Gasteiger charge is 2.44. The zero-order valence-electron chi connectivity index (χ0n) is 12.8. The van der Waals surface area contributed by atoms with Gasteiger partial charge in [-0.25, -0.2) is 0 Å². The van der Waals surface area contributed by atoms with E-state index >= 15 is 0 Å². The number of carbonyl (C=O) groups is 1. The Morgan fingerprint density at radius 1 is 1.48 bits per heavy atom. The van der Waals surface area contributed by atoms with Crippen molar-refractivity contribution in [3.63, 3.8) is 0 Å². The summed E-state index contributed by atoms with van der Waals surface area (Å²) in [7, 11) is 1.88. The maximum absolute atomic E-state index is 13.0. The fraction of sp³-hybridized carbons (Fsp3) is 0.625. The molecule has 0 spiro atoms. The molecule has 1 aliphatic carbocycles. The molecular formula is C16H24N2OS2. The molecule has 0 bridgehead atoms. The van der Waals surface area contributed by atoms with Crippen molar-refractivity contribution < 1.29 is 4.79 Å². The van der Waals surface area contributed by atoms with E-state index in [4.69, 9.17) is 18.0 Å². The van der Waals surface area contributed by atoms with Gasteiger partial charge in [0.2, 0.25) is 5.91 Å². The lowest BCUT2D eigenvalue weighted by Crippen LogP contribution is -2.52. The number of thiocarbonyl (C=S) groups is 1. The van der Waals surface area contributed by atoms with Gasteiger partial charge in [-0.1, -0.05) is 37.5 Å². The highest BCUT2D eigenvalue weighted by Crippen LogP contribution is 2.38. The first kappa shape index (κ1) is 16.4. The Balaban J connectivity index is 2.10. The lowest BCUT2D eigenvalue weighted by molar-refractivity contribution is -0.140. The number of amides is 1. The van der Waals surface area contributed by atoms with Gasteiger partial charge in [0.1, 0.15) is 0 Å². The number of carbonyl (C=O) groups excluding carboxylic acids is 1. The number of likely N-dealkylation sites (N-methyl/N-ethyl adjacent to an activating group) is 1. The van der Waals surface area contributed by atoms with Crippen LogP contribution in [0.1, 0.15) is 43.9 Å². The molecule has 1 amide bonds.